The lowest BCUT2D eigenvalue weighted by Crippen LogP contribution is -2.35. The molecule has 3 saturated heterocycles. The Hall–Kier alpha value is -8.53. The lowest BCUT2D eigenvalue weighted by molar-refractivity contribution is -0.120. The molecule has 0 saturated carbocycles. The van der Waals surface area contributed by atoms with E-state index in [-0.39, 0.29) is 41.7 Å². The Morgan fingerprint density at radius 2 is 0.918 bits per heavy atom. The summed E-state index contributed by atoms with van der Waals surface area (Å²) < 4.78 is 24.0. The van der Waals surface area contributed by atoms with Gasteiger partial charge < -0.3 is 40.7 Å². The van der Waals surface area contributed by atoms with Crippen LogP contribution >= 0.6 is 34.8 Å². The molecule has 3 aromatic carbocycles. The fourth-order valence-electron chi connectivity index (χ4n) is 11.5. The Labute approximate surface area is 506 Å². The van der Waals surface area contributed by atoms with Gasteiger partial charge in [-0.15, -0.1) is 0 Å². The van der Waals surface area contributed by atoms with Crippen LogP contribution in [0.15, 0.2) is 103 Å². The van der Waals surface area contributed by atoms with Gasteiger partial charge in [0.15, 0.2) is 32.4 Å². The van der Waals surface area contributed by atoms with Gasteiger partial charge in [0.25, 0.3) is 0 Å². The van der Waals surface area contributed by atoms with E-state index in [1.807, 2.05) is 86.8 Å². The number of allylic oxidation sites excluding steroid dienone is 1. The average molecular weight is 1210 g/mol. The number of nitrogens with zero attached hydrogens (tertiary/aromatic N) is 12. The summed E-state index contributed by atoms with van der Waals surface area (Å²) in [5, 5.41) is 26.8. The summed E-state index contributed by atoms with van der Waals surface area (Å²) >= 11 is 19.1. The van der Waals surface area contributed by atoms with Crippen LogP contribution in [0.2, 0.25) is 15.5 Å². The molecule has 24 heteroatoms. The van der Waals surface area contributed by atoms with Gasteiger partial charge in [0.05, 0.1) is 58.3 Å². The van der Waals surface area contributed by atoms with Crippen LogP contribution in [0.5, 0.6) is 5.75 Å². The maximum Gasteiger partial charge on any atom is 0.217 e. The second-order valence-electron chi connectivity index (χ2n) is 21.5. The molecule has 4 N–H and O–H groups in total. The predicted molar refractivity (Wildman–Crippen MR) is 333 cm³/mol. The van der Waals surface area contributed by atoms with Crippen molar-refractivity contribution < 1.29 is 23.5 Å². The Balaban J connectivity index is 0.000000142. The molecule has 3 amide bonds. The number of rotatable bonds is 12. The molecule has 20 nitrogen and oxygen atoms in total. The van der Waals surface area contributed by atoms with Crippen molar-refractivity contribution in [2.45, 2.75) is 85.9 Å². The summed E-state index contributed by atoms with van der Waals surface area (Å²) in [6.45, 7) is 20.8. The van der Waals surface area contributed by atoms with E-state index in [2.05, 4.69) is 63.9 Å². The molecule has 85 heavy (non-hydrogen) atoms. The maximum absolute atomic E-state index is 13.3. The second kappa shape index (κ2) is 25.4. The summed E-state index contributed by atoms with van der Waals surface area (Å²) in [6.07, 6.45) is 2.62. The normalized spacial score (nSPS) is 16.5. The Morgan fingerprint density at radius 1 is 0.541 bits per heavy atom. The highest BCUT2D eigenvalue weighted by Crippen LogP contribution is 2.37. The number of amides is 3. The standard InChI is InChI=1S/C22H25ClN6O.C20H22ClN5O2.C19H19ClFN5O/c1-13(2)24-17-7-5-6-16(10-17)21-14(3)25-22-19(11-20(23)27-29(21)22)28-9-8-18(12-28)26-15(4)30;1-12-19(14-5-4-6-16(9-14)28-3)26-20(22-12)17(10-18(21)24-26)25-8-7-15(11-25)23-13(2)27;1-11-18(13-3-5-14(21)6-4-13)26-19(22-11)16(9-17(20)24-26)25-8-7-15(10-25)23-12(2)27/h5-7,10-11,18,24H,1,8-9,12H2,2-4H3,(H,26,30);4-6,9-10,15H,7-8,11H2,1-3H3,(H,23,27);3-6,9,15H,7-8,10H2,1-2H3,(H,23,27)/t18-;2*15-/m111/s1. The van der Waals surface area contributed by atoms with Crippen molar-refractivity contribution in [1.82, 2.24) is 59.7 Å². The summed E-state index contributed by atoms with van der Waals surface area (Å²) in [4.78, 5) is 55.0. The van der Waals surface area contributed by atoms with E-state index in [0.29, 0.717) is 27.7 Å². The van der Waals surface area contributed by atoms with E-state index >= 15 is 0 Å². The van der Waals surface area contributed by atoms with Gasteiger partial charge in [-0.3, -0.25) is 14.4 Å². The van der Waals surface area contributed by atoms with Gasteiger partial charge in [-0.2, -0.15) is 15.3 Å². The van der Waals surface area contributed by atoms with Crippen LogP contribution in [0, 0.1) is 26.6 Å². The lowest BCUT2D eigenvalue weighted by Gasteiger charge is -2.19. The molecule has 442 valence electrons. The fraction of sp³-hybridized carbons (Fsp3) is 0.328. The number of methoxy groups -OCH3 is 1. The lowest BCUT2D eigenvalue weighted by atomic mass is 10.1. The van der Waals surface area contributed by atoms with Gasteiger partial charge in [0.1, 0.15) is 11.6 Å². The predicted octanol–water partition coefficient (Wildman–Crippen LogP) is 10.3. The smallest absolute Gasteiger partial charge is 0.217 e. The minimum absolute atomic E-state index is 0.0121. The highest BCUT2D eigenvalue weighted by Gasteiger charge is 2.31. The molecule has 3 aliphatic heterocycles. The molecule has 3 fully saturated rings. The van der Waals surface area contributed by atoms with Crippen LogP contribution in [0.4, 0.5) is 27.1 Å². The van der Waals surface area contributed by atoms with Crippen LogP contribution < -0.4 is 40.7 Å². The van der Waals surface area contributed by atoms with Crippen LogP contribution in [-0.2, 0) is 14.4 Å². The number of carbonyl (C=O) groups is 3. The molecule has 0 spiro atoms. The molecular weight excluding hydrogens is 1150 g/mol. The molecule has 0 radical (unpaired) electrons. The van der Waals surface area contributed by atoms with E-state index in [9.17, 15) is 18.8 Å². The first-order valence-corrected chi connectivity index (χ1v) is 29.0. The number of benzene rings is 3. The molecule has 6 aromatic heterocycles. The summed E-state index contributed by atoms with van der Waals surface area (Å²) in [7, 11) is 1.65. The quantitative estimate of drug-likeness (QED) is 0.0898. The third kappa shape index (κ3) is 13.4. The molecule has 12 rings (SSSR count). The number of aryl methyl sites for hydroxylation is 3. The fourth-order valence-corrected chi connectivity index (χ4v) is 12.0. The number of nitrogens with one attached hydrogen (secondary N) is 4. The van der Waals surface area contributed by atoms with Gasteiger partial charge in [0, 0.05) is 124 Å². The first-order chi connectivity index (χ1) is 40.7. The summed E-state index contributed by atoms with van der Waals surface area (Å²) in [6, 6.07) is 28.0. The third-order valence-electron chi connectivity index (χ3n) is 14.9. The number of imidazole rings is 3. The van der Waals surface area contributed by atoms with Gasteiger partial charge in [-0.25, -0.2) is 32.9 Å². The first kappa shape index (κ1) is 59.6. The monoisotopic (exact) mass is 1210 g/mol. The topological polar surface area (TPSA) is 209 Å². The number of aromatic nitrogens is 9. The van der Waals surface area contributed by atoms with Crippen molar-refractivity contribution in [2.75, 3.05) is 66.4 Å². The Kier molecular flexibility index (Phi) is 17.8. The number of hydrogen-bond acceptors (Lipinski definition) is 14. The number of fused-ring (bicyclic) bond motifs is 3. The van der Waals surface area contributed by atoms with Crippen molar-refractivity contribution in [1.29, 1.82) is 0 Å². The zero-order valence-corrected chi connectivity index (χ0v) is 50.7. The minimum atomic E-state index is -0.294. The van der Waals surface area contributed by atoms with E-state index in [1.54, 1.807) is 48.2 Å². The average Bonchev–Trinajstić information content (AvgIpc) is 2.36. The minimum Gasteiger partial charge on any atom is -0.497 e. The number of halogens is 4. The van der Waals surface area contributed by atoms with Gasteiger partial charge >= 0.3 is 0 Å². The number of hydrogen-bond donors (Lipinski definition) is 4. The third-order valence-corrected chi connectivity index (χ3v) is 15.4. The molecule has 0 aliphatic carbocycles. The van der Waals surface area contributed by atoms with Crippen LogP contribution in [0.1, 0.15) is 64.0 Å². The number of carbonyl (C=O) groups excluding carboxylic acids is 3. The molecule has 9 aromatic rings. The molecule has 3 atom stereocenters. The van der Waals surface area contributed by atoms with Crippen LogP contribution in [0.25, 0.3) is 50.7 Å². The van der Waals surface area contributed by atoms with E-state index < -0.39 is 0 Å². The highest BCUT2D eigenvalue weighted by molar-refractivity contribution is 6.30. The number of ether oxygens (including phenoxy) is 1. The van der Waals surface area contributed by atoms with Gasteiger partial charge in [0.2, 0.25) is 17.7 Å². The molecular formula is C61H66Cl3FN16O4. The van der Waals surface area contributed by atoms with Crippen LogP contribution in [0.3, 0.4) is 0 Å². The molecule has 0 bridgehead atoms. The summed E-state index contributed by atoms with van der Waals surface area (Å²) in [5.41, 5.74) is 14.6. The molecule has 0 unspecified atom stereocenters. The van der Waals surface area contributed by atoms with E-state index in [4.69, 9.17) is 54.5 Å². The first-order valence-electron chi connectivity index (χ1n) is 27.9. The highest BCUT2D eigenvalue weighted by atomic mass is 35.5. The number of anilines is 4. The van der Waals surface area contributed by atoms with Gasteiger partial charge in [-0.1, -0.05) is 65.6 Å². The Bertz CT molecular complexity index is 4020. The van der Waals surface area contributed by atoms with Crippen molar-refractivity contribution in [3.63, 3.8) is 0 Å². The van der Waals surface area contributed by atoms with Crippen molar-refractivity contribution in [3.05, 3.63) is 142 Å². The Morgan fingerprint density at radius 3 is 1.29 bits per heavy atom. The van der Waals surface area contributed by atoms with E-state index in [1.165, 1.54) is 19.1 Å². The van der Waals surface area contributed by atoms with Crippen LogP contribution in [-0.4, -0.2) is 126 Å². The SMILES string of the molecule is C=C(C)Nc1cccc(-c2c(C)nc3c(N4CC[C@@H](NC(C)=O)C4)cc(Cl)nn23)c1.CC(=O)N[C@@H]1CCN(c2cc(Cl)nn3c(-c4ccc(F)cc4)c(C)nc23)C1.COc1cccc(-c2c(C)nc3c(N4CC[C@@H](NC(C)=O)C4)cc(Cl)nn23)c1. The largest absolute Gasteiger partial charge is 0.497 e. The van der Waals surface area contributed by atoms with E-state index in [0.717, 1.165) is 148 Å². The van der Waals surface area contributed by atoms with Crippen molar-refractivity contribution in [2.24, 2.45) is 0 Å². The zero-order valence-electron chi connectivity index (χ0n) is 48.5. The zero-order chi connectivity index (χ0) is 60.4. The summed E-state index contributed by atoms with van der Waals surface area (Å²) in [5.74, 6) is 0.420. The van der Waals surface area contributed by atoms with Crippen molar-refractivity contribution >= 4 is 92.2 Å². The molecule has 3 aliphatic rings. The maximum atomic E-state index is 13.3. The van der Waals surface area contributed by atoms with Crippen molar-refractivity contribution in [3.8, 4) is 39.5 Å². The van der Waals surface area contributed by atoms with Gasteiger partial charge in [-0.05, 0) is 95.5 Å². The second-order valence-corrected chi connectivity index (χ2v) is 22.7. The molecule has 9 heterocycles.